The standard InChI is InChI=1S/C17H25ClFN/c1-12(2)20-11-14-6-4-3-5-13(14)9-15-10-16(19)7-8-17(15)18/h7-8,10,12-14,20H,3-6,9,11H2,1-2H3. The van der Waals surface area contributed by atoms with Crippen molar-refractivity contribution >= 4 is 11.6 Å². The van der Waals surface area contributed by atoms with Gasteiger partial charge in [-0.05, 0) is 61.4 Å². The van der Waals surface area contributed by atoms with Crippen molar-refractivity contribution in [2.45, 2.75) is 52.0 Å². The first kappa shape index (κ1) is 15.8. The van der Waals surface area contributed by atoms with Crippen molar-refractivity contribution in [2.24, 2.45) is 11.8 Å². The molecule has 1 aliphatic rings. The first-order valence-corrected chi connectivity index (χ1v) is 8.11. The minimum atomic E-state index is -0.183. The Morgan fingerprint density at radius 1 is 1.25 bits per heavy atom. The van der Waals surface area contributed by atoms with Gasteiger partial charge >= 0.3 is 0 Å². The lowest BCUT2D eigenvalue weighted by atomic mass is 9.76. The molecule has 1 N–H and O–H groups in total. The van der Waals surface area contributed by atoms with E-state index >= 15 is 0 Å². The fourth-order valence-corrected chi connectivity index (χ4v) is 3.39. The van der Waals surface area contributed by atoms with Gasteiger partial charge in [-0.2, -0.15) is 0 Å². The van der Waals surface area contributed by atoms with Crippen LogP contribution in [0.4, 0.5) is 4.39 Å². The average molecular weight is 298 g/mol. The molecule has 2 rings (SSSR count). The largest absolute Gasteiger partial charge is 0.314 e. The van der Waals surface area contributed by atoms with Gasteiger partial charge in [-0.25, -0.2) is 4.39 Å². The molecule has 0 bridgehead atoms. The number of rotatable bonds is 5. The van der Waals surface area contributed by atoms with Gasteiger partial charge in [0.25, 0.3) is 0 Å². The molecule has 0 aliphatic heterocycles. The quantitative estimate of drug-likeness (QED) is 0.821. The first-order valence-electron chi connectivity index (χ1n) is 7.73. The average Bonchev–Trinajstić information content (AvgIpc) is 2.42. The summed E-state index contributed by atoms with van der Waals surface area (Å²) in [6, 6.07) is 5.24. The molecule has 1 aromatic carbocycles. The van der Waals surface area contributed by atoms with E-state index in [2.05, 4.69) is 19.2 Å². The van der Waals surface area contributed by atoms with Crippen LogP contribution >= 0.6 is 11.6 Å². The van der Waals surface area contributed by atoms with Gasteiger partial charge < -0.3 is 5.32 Å². The monoisotopic (exact) mass is 297 g/mol. The highest BCUT2D eigenvalue weighted by Gasteiger charge is 2.25. The smallest absolute Gasteiger partial charge is 0.123 e. The van der Waals surface area contributed by atoms with Gasteiger partial charge in [0.05, 0.1) is 0 Å². The van der Waals surface area contributed by atoms with Gasteiger partial charge in [-0.1, -0.05) is 38.3 Å². The number of hydrogen-bond donors (Lipinski definition) is 1. The zero-order valence-corrected chi connectivity index (χ0v) is 13.2. The zero-order chi connectivity index (χ0) is 14.5. The van der Waals surface area contributed by atoms with Crippen molar-refractivity contribution in [3.8, 4) is 0 Å². The maximum Gasteiger partial charge on any atom is 0.123 e. The molecule has 112 valence electrons. The lowest BCUT2D eigenvalue weighted by molar-refractivity contribution is 0.224. The summed E-state index contributed by atoms with van der Waals surface area (Å²) >= 11 is 6.21. The molecule has 0 amide bonds. The third-order valence-electron chi connectivity index (χ3n) is 4.34. The Morgan fingerprint density at radius 3 is 2.65 bits per heavy atom. The molecule has 20 heavy (non-hydrogen) atoms. The fraction of sp³-hybridized carbons (Fsp3) is 0.647. The fourth-order valence-electron chi connectivity index (χ4n) is 3.19. The van der Waals surface area contributed by atoms with Crippen molar-refractivity contribution in [3.05, 3.63) is 34.6 Å². The van der Waals surface area contributed by atoms with Gasteiger partial charge in [0, 0.05) is 11.1 Å². The molecule has 0 saturated heterocycles. The van der Waals surface area contributed by atoms with E-state index in [-0.39, 0.29) is 5.82 Å². The van der Waals surface area contributed by atoms with E-state index < -0.39 is 0 Å². The van der Waals surface area contributed by atoms with E-state index in [0.29, 0.717) is 22.9 Å². The van der Waals surface area contributed by atoms with Crippen LogP contribution in [0, 0.1) is 17.7 Å². The predicted molar refractivity (Wildman–Crippen MR) is 83.7 cm³/mol. The van der Waals surface area contributed by atoms with Crippen LogP contribution < -0.4 is 5.32 Å². The second-order valence-electron chi connectivity index (χ2n) is 6.31. The molecule has 3 heteroatoms. The Labute approximate surface area is 126 Å². The van der Waals surface area contributed by atoms with E-state index in [1.165, 1.54) is 31.7 Å². The Balaban J connectivity index is 2.02. The summed E-state index contributed by atoms with van der Waals surface area (Å²) in [5.41, 5.74) is 0.966. The lowest BCUT2D eigenvalue weighted by Gasteiger charge is -2.32. The van der Waals surface area contributed by atoms with Crippen LogP contribution in [0.25, 0.3) is 0 Å². The maximum absolute atomic E-state index is 13.4. The molecule has 2 unspecified atom stereocenters. The van der Waals surface area contributed by atoms with Crippen molar-refractivity contribution < 1.29 is 4.39 Å². The number of nitrogens with one attached hydrogen (secondary N) is 1. The highest BCUT2D eigenvalue weighted by atomic mass is 35.5. The molecule has 0 spiro atoms. The Bertz CT molecular complexity index is 433. The maximum atomic E-state index is 13.4. The number of benzene rings is 1. The van der Waals surface area contributed by atoms with Crippen LogP contribution in [0.2, 0.25) is 5.02 Å². The molecule has 1 saturated carbocycles. The van der Waals surface area contributed by atoms with E-state index in [1.807, 2.05) is 0 Å². The lowest BCUT2D eigenvalue weighted by Crippen LogP contribution is -2.35. The summed E-state index contributed by atoms with van der Waals surface area (Å²) in [7, 11) is 0. The van der Waals surface area contributed by atoms with Crippen molar-refractivity contribution in [2.75, 3.05) is 6.54 Å². The molecule has 2 atom stereocenters. The number of halogens is 2. The van der Waals surface area contributed by atoms with Gasteiger partial charge in [-0.3, -0.25) is 0 Å². The second-order valence-corrected chi connectivity index (χ2v) is 6.71. The van der Waals surface area contributed by atoms with Gasteiger partial charge in [0.2, 0.25) is 0 Å². The molecule has 1 aliphatic carbocycles. The predicted octanol–water partition coefficient (Wildman–Crippen LogP) is 4.83. The molecule has 0 heterocycles. The first-order chi connectivity index (χ1) is 9.56. The Morgan fingerprint density at radius 2 is 1.95 bits per heavy atom. The van der Waals surface area contributed by atoms with Crippen LogP contribution in [0.3, 0.4) is 0 Å². The molecule has 1 aromatic rings. The van der Waals surface area contributed by atoms with Crippen LogP contribution in [-0.4, -0.2) is 12.6 Å². The summed E-state index contributed by atoms with van der Waals surface area (Å²) < 4.78 is 13.4. The van der Waals surface area contributed by atoms with E-state index in [9.17, 15) is 4.39 Å². The van der Waals surface area contributed by atoms with Gasteiger partial charge in [0.1, 0.15) is 5.82 Å². The second kappa shape index (κ2) is 7.42. The zero-order valence-electron chi connectivity index (χ0n) is 12.5. The summed E-state index contributed by atoms with van der Waals surface area (Å²) in [6.45, 7) is 5.43. The normalized spacial score (nSPS) is 23.2. The molecule has 0 radical (unpaired) electrons. The Kier molecular flexibility index (Phi) is 5.86. The molecular weight excluding hydrogens is 273 g/mol. The molecule has 1 nitrogen and oxygen atoms in total. The molecule has 1 fully saturated rings. The summed E-state index contributed by atoms with van der Waals surface area (Å²) in [5, 5.41) is 4.25. The van der Waals surface area contributed by atoms with Crippen LogP contribution in [0.5, 0.6) is 0 Å². The minimum Gasteiger partial charge on any atom is -0.314 e. The van der Waals surface area contributed by atoms with Crippen LogP contribution in [0.15, 0.2) is 18.2 Å². The van der Waals surface area contributed by atoms with Gasteiger partial charge in [-0.15, -0.1) is 0 Å². The third kappa shape index (κ3) is 4.46. The van der Waals surface area contributed by atoms with E-state index in [4.69, 9.17) is 11.6 Å². The number of hydrogen-bond acceptors (Lipinski definition) is 1. The van der Waals surface area contributed by atoms with Crippen LogP contribution in [0.1, 0.15) is 45.1 Å². The summed E-state index contributed by atoms with van der Waals surface area (Å²) in [5.74, 6) is 1.12. The topological polar surface area (TPSA) is 12.0 Å². The van der Waals surface area contributed by atoms with Gasteiger partial charge in [0.15, 0.2) is 0 Å². The highest BCUT2D eigenvalue weighted by Crippen LogP contribution is 2.34. The SMILES string of the molecule is CC(C)NCC1CCCCC1Cc1cc(F)ccc1Cl. The van der Waals surface area contributed by atoms with Crippen LogP contribution in [-0.2, 0) is 6.42 Å². The van der Waals surface area contributed by atoms with Crippen molar-refractivity contribution in [1.82, 2.24) is 5.32 Å². The Hall–Kier alpha value is -0.600. The van der Waals surface area contributed by atoms with E-state index in [1.54, 1.807) is 12.1 Å². The van der Waals surface area contributed by atoms with Crippen molar-refractivity contribution in [1.29, 1.82) is 0 Å². The molecular formula is C17H25ClFN. The highest BCUT2D eigenvalue weighted by molar-refractivity contribution is 6.31. The summed E-state index contributed by atoms with van der Waals surface area (Å²) in [6.07, 6.45) is 6.02. The summed E-state index contributed by atoms with van der Waals surface area (Å²) in [4.78, 5) is 0. The van der Waals surface area contributed by atoms with Crippen molar-refractivity contribution in [3.63, 3.8) is 0 Å². The van der Waals surface area contributed by atoms with E-state index in [0.717, 1.165) is 18.5 Å². The molecule has 0 aromatic heterocycles. The third-order valence-corrected chi connectivity index (χ3v) is 4.71. The minimum absolute atomic E-state index is 0.183.